The van der Waals surface area contributed by atoms with Crippen molar-refractivity contribution in [2.45, 2.75) is 13.3 Å². The molecule has 0 aliphatic heterocycles. The number of benzene rings is 1. The summed E-state index contributed by atoms with van der Waals surface area (Å²) in [5, 5.41) is 5.61. The minimum Gasteiger partial charge on any atom is -0.468 e. The van der Waals surface area contributed by atoms with Gasteiger partial charge in [-0.05, 0) is 54.8 Å². The Labute approximate surface area is 135 Å². The summed E-state index contributed by atoms with van der Waals surface area (Å²) in [5.74, 6) is 0.686. The van der Waals surface area contributed by atoms with Gasteiger partial charge in [0.2, 0.25) is 0 Å². The van der Waals surface area contributed by atoms with Crippen LogP contribution >= 0.6 is 0 Å². The average molecular weight is 315 g/mol. The lowest BCUT2D eigenvalue weighted by Crippen LogP contribution is -2.30. The summed E-state index contributed by atoms with van der Waals surface area (Å²) < 4.78 is 10.1. The number of anilines is 1. The van der Waals surface area contributed by atoms with Crippen molar-refractivity contribution in [3.05, 3.63) is 53.9 Å². The molecule has 0 unspecified atom stereocenters. The zero-order chi connectivity index (χ0) is 16.5. The molecule has 2 aromatic rings. The zero-order valence-electron chi connectivity index (χ0n) is 13.3. The number of amides is 2. The highest BCUT2D eigenvalue weighted by atomic mass is 16.7. The monoisotopic (exact) mass is 315 g/mol. The number of methoxy groups -OCH3 is 1. The van der Waals surface area contributed by atoms with Crippen molar-refractivity contribution in [3.63, 3.8) is 0 Å². The van der Waals surface area contributed by atoms with Crippen molar-refractivity contribution < 1.29 is 14.3 Å². The Kier molecular flexibility index (Phi) is 6.38. The van der Waals surface area contributed by atoms with E-state index >= 15 is 0 Å². The molecule has 2 rings (SSSR count). The average Bonchev–Trinajstić information content (AvgIpc) is 2.56. The van der Waals surface area contributed by atoms with Crippen molar-refractivity contribution in [1.82, 2.24) is 10.3 Å². The second-order valence-corrected chi connectivity index (χ2v) is 5.01. The molecule has 0 aliphatic carbocycles. The molecule has 6 heteroatoms. The summed E-state index contributed by atoms with van der Waals surface area (Å²) in [6.45, 7) is 2.77. The van der Waals surface area contributed by atoms with Gasteiger partial charge < -0.3 is 20.1 Å². The molecule has 2 amide bonds. The highest BCUT2D eigenvalue weighted by molar-refractivity contribution is 5.89. The van der Waals surface area contributed by atoms with E-state index < -0.39 is 0 Å². The lowest BCUT2D eigenvalue weighted by molar-refractivity contribution is 0.0511. The van der Waals surface area contributed by atoms with E-state index in [4.69, 9.17) is 9.47 Å². The lowest BCUT2D eigenvalue weighted by atomic mass is 10.1. The fraction of sp³-hybridized carbons (Fsp3) is 0.294. The quantitative estimate of drug-likeness (QED) is 0.771. The molecule has 0 radical (unpaired) electrons. The molecule has 122 valence electrons. The molecule has 0 atom stereocenters. The Balaban J connectivity index is 1.75. The first-order valence-corrected chi connectivity index (χ1v) is 7.35. The standard InChI is InChI=1S/C17H21N3O3/c1-13-11-18-9-7-14(13)8-10-19-17(21)20-15-3-5-16(6-4-15)23-12-22-2/h3-7,9,11H,8,10,12H2,1-2H3,(H2,19,20,21). The van der Waals surface area contributed by atoms with Crippen LogP contribution < -0.4 is 15.4 Å². The van der Waals surface area contributed by atoms with Crippen LogP contribution in [0.1, 0.15) is 11.1 Å². The van der Waals surface area contributed by atoms with Crippen LogP contribution in [0, 0.1) is 6.92 Å². The van der Waals surface area contributed by atoms with Crippen molar-refractivity contribution in [1.29, 1.82) is 0 Å². The van der Waals surface area contributed by atoms with Gasteiger partial charge in [0, 0.05) is 31.7 Å². The van der Waals surface area contributed by atoms with Crippen molar-refractivity contribution in [2.75, 3.05) is 25.8 Å². The third-order valence-electron chi connectivity index (χ3n) is 3.27. The summed E-state index contributed by atoms with van der Waals surface area (Å²) >= 11 is 0. The first-order chi connectivity index (χ1) is 11.2. The molecule has 1 aromatic carbocycles. The molecule has 1 heterocycles. The fourth-order valence-corrected chi connectivity index (χ4v) is 2.03. The highest BCUT2D eigenvalue weighted by Gasteiger charge is 2.03. The van der Waals surface area contributed by atoms with Crippen LogP contribution in [0.15, 0.2) is 42.7 Å². The highest BCUT2D eigenvalue weighted by Crippen LogP contribution is 2.15. The number of ether oxygens (including phenoxy) is 2. The normalized spacial score (nSPS) is 10.2. The van der Waals surface area contributed by atoms with E-state index in [2.05, 4.69) is 15.6 Å². The van der Waals surface area contributed by atoms with Crippen molar-refractivity contribution in [2.24, 2.45) is 0 Å². The topological polar surface area (TPSA) is 72.5 Å². The van der Waals surface area contributed by atoms with Gasteiger partial charge in [0.05, 0.1) is 0 Å². The number of hydrogen-bond acceptors (Lipinski definition) is 4. The van der Waals surface area contributed by atoms with E-state index in [0.717, 1.165) is 12.0 Å². The molecule has 0 saturated carbocycles. The van der Waals surface area contributed by atoms with E-state index in [0.29, 0.717) is 18.0 Å². The molecule has 0 fully saturated rings. The van der Waals surface area contributed by atoms with Gasteiger partial charge in [-0.1, -0.05) is 0 Å². The third-order valence-corrected chi connectivity index (χ3v) is 3.27. The van der Waals surface area contributed by atoms with Crippen LogP contribution in [0.2, 0.25) is 0 Å². The molecule has 0 aliphatic rings. The van der Waals surface area contributed by atoms with Crippen LogP contribution in [0.5, 0.6) is 5.75 Å². The minimum absolute atomic E-state index is 0.196. The minimum atomic E-state index is -0.234. The number of carbonyl (C=O) groups excluding carboxylic acids is 1. The van der Waals surface area contributed by atoms with Gasteiger partial charge in [-0.15, -0.1) is 0 Å². The summed E-state index contributed by atoms with van der Waals surface area (Å²) in [6.07, 6.45) is 4.35. The van der Waals surface area contributed by atoms with Gasteiger partial charge in [0.15, 0.2) is 6.79 Å². The number of aryl methyl sites for hydroxylation is 1. The Morgan fingerprint density at radius 3 is 2.70 bits per heavy atom. The van der Waals surface area contributed by atoms with Gasteiger partial charge >= 0.3 is 6.03 Å². The van der Waals surface area contributed by atoms with Crippen LogP contribution in [-0.2, 0) is 11.2 Å². The summed E-state index contributed by atoms with van der Waals surface area (Å²) in [6, 6.07) is 8.83. The van der Waals surface area contributed by atoms with Crippen LogP contribution in [0.3, 0.4) is 0 Å². The predicted octanol–water partition coefficient (Wildman–Crippen LogP) is 2.74. The fourth-order valence-electron chi connectivity index (χ4n) is 2.03. The lowest BCUT2D eigenvalue weighted by Gasteiger charge is -2.09. The molecule has 6 nitrogen and oxygen atoms in total. The number of nitrogens with zero attached hydrogens (tertiary/aromatic N) is 1. The van der Waals surface area contributed by atoms with E-state index in [9.17, 15) is 4.79 Å². The van der Waals surface area contributed by atoms with Gasteiger partial charge in [0.1, 0.15) is 5.75 Å². The smallest absolute Gasteiger partial charge is 0.319 e. The van der Waals surface area contributed by atoms with E-state index in [-0.39, 0.29) is 12.8 Å². The van der Waals surface area contributed by atoms with Crippen molar-refractivity contribution >= 4 is 11.7 Å². The first-order valence-electron chi connectivity index (χ1n) is 7.35. The molecular formula is C17H21N3O3. The number of carbonyl (C=O) groups is 1. The van der Waals surface area contributed by atoms with E-state index in [1.807, 2.05) is 19.2 Å². The summed E-state index contributed by atoms with van der Waals surface area (Å²) in [4.78, 5) is 15.9. The molecular weight excluding hydrogens is 294 g/mol. The van der Waals surface area contributed by atoms with Gasteiger partial charge in [-0.25, -0.2) is 4.79 Å². The number of aromatic nitrogens is 1. The SMILES string of the molecule is COCOc1ccc(NC(=O)NCCc2ccncc2C)cc1. The van der Waals surface area contributed by atoms with Crippen LogP contribution in [0.4, 0.5) is 10.5 Å². The Morgan fingerprint density at radius 2 is 2.00 bits per heavy atom. The van der Waals surface area contributed by atoms with Crippen LogP contribution in [-0.4, -0.2) is 31.5 Å². The summed E-state index contributed by atoms with van der Waals surface area (Å²) in [7, 11) is 1.56. The molecule has 0 bridgehead atoms. The van der Waals surface area contributed by atoms with Gasteiger partial charge in [-0.2, -0.15) is 0 Å². The molecule has 0 spiro atoms. The molecule has 2 N–H and O–H groups in total. The van der Waals surface area contributed by atoms with Gasteiger partial charge in [0.25, 0.3) is 0 Å². The summed E-state index contributed by atoms with van der Waals surface area (Å²) in [5.41, 5.74) is 3.01. The maximum Gasteiger partial charge on any atom is 0.319 e. The maximum atomic E-state index is 11.9. The number of pyridine rings is 1. The van der Waals surface area contributed by atoms with Crippen LogP contribution in [0.25, 0.3) is 0 Å². The predicted molar refractivity (Wildman–Crippen MR) is 88.6 cm³/mol. The molecule has 0 saturated heterocycles. The Morgan fingerprint density at radius 1 is 1.22 bits per heavy atom. The van der Waals surface area contributed by atoms with E-state index in [1.165, 1.54) is 5.56 Å². The maximum absolute atomic E-state index is 11.9. The molecule has 23 heavy (non-hydrogen) atoms. The molecule has 1 aromatic heterocycles. The number of nitrogens with one attached hydrogen (secondary N) is 2. The van der Waals surface area contributed by atoms with E-state index in [1.54, 1.807) is 37.6 Å². The zero-order valence-corrected chi connectivity index (χ0v) is 13.3. The Hall–Kier alpha value is -2.60. The Bertz CT molecular complexity index is 629. The third kappa shape index (κ3) is 5.60. The number of hydrogen-bond donors (Lipinski definition) is 2. The van der Waals surface area contributed by atoms with Crippen molar-refractivity contribution in [3.8, 4) is 5.75 Å². The number of rotatable bonds is 7. The number of urea groups is 1. The second kappa shape index (κ2) is 8.75. The first kappa shape index (κ1) is 16.8. The van der Waals surface area contributed by atoms with Gasteiger partial charge in [-0.3, -0.25) is 4.98 Å². The second-order valence-electron chi connectivity index (χ2n) is 5.01. The largest absolute Gasteiger partial charge is 0.468 e.